The number of carboxylic acid groups (broad SMARTS) is 1. The normalized spacial score (nSPS) is 10.9. The molecule has 0 aliphatic heterocycles. The number of aromatic carboxylic acids is 1. The minimum Gasteiger partial charge on any atom is -0.476 e. The Bertz CT molecular complexity index is 761. The Hall–Kier alpha value is -2.55. The lowest BCUT2D eigenvalue weighted by molar-refractivity contribution is 0.0691. The molecule has 0 aromatic carbocycles. The third-order valence-corrected chi connectivity index (χ3v) is 3.86. The van der Waals surface area contributed by atoms with Crippen molar-refractivity contribution in [2.24, 2.45) is 0 Å². The molecule has 3 rings (SSSR count). The van der Waals surface area contributed by atoms with Gasteiger partial charge in [-0.25, -0.2) is 19.1 Å². The van der Waals surface area contributed by atoms with E-state index >= 15 is 0 Å². The number of nitrogens with zero attached hydrogens (tertiary/aromatic N) is 6. The molecule has 0 spiro atoms. The SMILES string of the molecule is CCn1ncnc1Cn1nnc(C(=O)O)c1-c1cccs1. The van der Waals surface area contributed by atoms with Crippen LogP contribution in [0.25, 0.3) is 10.6 Å². The van der Waals surface area contributed by atoms with Crippen LogP contribution >= 0.6 is 11.3 Å². The van der Waals surface area contributed by atoms with Crippen molar-refractivity contribution in [1.29, 1.82) is 0 Å². The molecule has 0 unspecified atom stereocenters. The second-order valence-corrected chi connectivity index (χ2v) is 5.17. The minimum absolute atomic E-state index is 0.0555. The van der Waals surface area contributed by atoms with E-state index in [2.05, 4.69) is 20.4 Å². The van der Waals surface area contributed by atoms with Crippen LogP contribution < -0.4 is 0 Å². The van der Waals surface area contributed by atoms with Gasteiger partial charge in [0.15, 0.2) is 5.69 Å². The van der Waals surface area contributed by atoms with Gasteiger partial charge in [0.1, 0.15) is 24.4 Å². The zero-order valence-electron chi connectivity index (χ0n) is 11.2. The van der Waals surface area contributed by atoms with Crippen molar-refractivity contribution in [3.05, 3.63) is 35.4 Å². The first-order valence-corrected chi connectivity index (χ1v) is 7.16. The molecular formula is C12H12N6O2S. The number of aryl methyl sites for hydroxylation is 1. The predicted molar refractivity (Wildman–Crippen MR) is 75.1 cm³/mol. The van der Waals surface area contributed by atoms with Crippen LogP contribution in [0.15, 0.2) is 23.8 Å². The summed E-state index contributed by atoms with van der Waals surface area (Å²) >= 11 is 1.44. The number of rotatable bonds is 5. The molecule has 0 saturated carbocycles. The monoisotopic (exact) mass is 304 g/mol. The number of aromatic nitrogens is 6. The third kappa shape index (κ3) is 2.42. The van der Waals surface area contributed by atoms with E-state index in [-0.39, 0.29) is 5.69 Å². The van der Waals surface area contributed by atoms with Crippen LogP contribution in [0.3, 0.4) is 0 Å². The third-order valence-electron chi connectivity index (χ3n) is 2.98. The van der Waals surface area contributed by atoms with E-state index in [1.807, 2.05) is 24.4 Å². The van der Waals surface area contributed by atoms with E-state index in [9.17, 15) is 9.90 Å². The molecule has 21 heavy (non-hydrogen) atoms. The van der Waals surface area contributed by atoms with E-state index in [4.69, 9.17) is 0 Å². The van der Waals surface area contributed by atoms with Gasteiger partial charge in [0.05, 0.1) is 4.88 Å². The van der Waals surface area contributed by atoms with Gasteiger partial charge in [-0.2, -0.15) is 5.10 Å². The van der Waals surface area contributed by atoms with Crippen molar-refractivity contribution in [3.8, 4) is 10.6 Å². The average molecular weight is 304 g/mol. The molecule has 0 saturated heterocycles. The smallest absolute Gasteiger partial charge is 0.358 e. The summed E-state index contributed by atoms with van der Waals surface area (Å²) in [6.45, 7) is 2.97. The van der Waals surface area contributed by atoms with E-state index in [0.29, 0.717) is 24.6 Å². The summed E-state index contributed by atoms with van der Waals surface area (Å²) in [5.74, 6) is -0.390. The fraction of sp³-hybridized carbons (Fsp3) is 0.250. The molecule has 3 aromatic rings. The molecule has 0 atom stereocenters. The number of carbonyl (C=O) groups is 1. The molecule has 0 aliphatic rings. The molecule has 0 bridgehead atoms. The van der Waals surface area contributed by atoms with Gasteiger partial charge in [-0.05, 0) is 18.4 Å². The Morgan fingerprint density at radius 3 is 2.95 bits per heavy atom. The lowest BCUT2D eigenvalue weighted by Gasteiger charge is -2.06. The number of thiophene rings is 1. The molecule has 1 N–H and O–H groups in total. The van der Waals surface area contributed by atoms with Gasteiger partial charge in [0.2, 0.25) is 0 Å². The van der Waals surface area contributed by atoms with Crippen molar-refractivity contribution in [2.75, 3.05) is 0 Å². The average Bonchev–Trinajstić information content (AvgIpc) is 3.18. The first-order valence-electron chi connectivity index (χ1n) is 6.28. The van der Waals surface area contributed by atoms with Crippen LogP contribution in [-0.4, -0.2) is 40.8 Å². The van der Waals surface area contributed by atoms with Crippen LogP contribution in [0.2, 0.25) is 0 Å². The quantitative estimate of drug-likeness (QED) is 0.764. The molecule has 3 heterocycles. The fourth-order valence-corrected chi connectivity index (χ4v) is 2.81. The maximum Gasteiger partial charge on any atom is 0.358 e. The van der Waals surface area contributed by atoms with Crippen molar-refractivity contribution < 1.29 is 9.90 Å². The lowest BCUT2D eigenvalue weighted by Crippen LogP contribution is -2.11. The molecule has 108 valence electrons. The van der Waals surface area contributed by atoms with Crippen molar-refractivity contribution >= 4 is 17.3 Å². The highest BCUT2D eigenvalue weighted by atomic mass is 32.1. The standard InChI is InChI=1S/C12H12N6O2S/c1-2-17-9(13-7-14-17)6-18-11(8-4-3-5-21-8)10(12(19)20)15-16-18/h3-5,7H,2,6H2,1H3,(H,19,20). The first kappa shape index (κ1) is 13.4. The molecule has 0 aliphatic carbocycles. The topological polar surface area (TPSA) is 98.7 Å². The number of hydrogen-bond donors (Lipinski definition) is 1. The second-order valence-electron chi connectivity index (χ2n) is 4.22. The Morgan fingerprint density at radius 2 is 2.29 bits per heavy atom. The lowest BCUT2D eigenvalue weighted by atomic mass is 10.2. The summed E-state index contributed by atoms with van der Waals surface area (Å²) in [7, 11) is 0. The molecule has 0 fully saturated rings. The largest absolute Gasteiger partial charge is 0.476 e. The summed E-state index contributed by atoms with van der Waals surface area (Å²) in [6, 6.07) is 3.70. The Labute approximate surface area is 123 Å². The fourth-order valence-electron chi connectivity index (χ4n) is 2.03. The predicted octanol–water partition coefficient (Wildman–Crippen LogP) is 1.36. The highest BCUT2D eigenvalue weighted by Gasteiger charge is 2.22. The Morgan fingerprint density at radius 1 is 1.43 bits per heavy atom. The van der Waals surface area contributed by atoms with Crippen molar-refractivity contribution in [3.63, 3.8) is 0 Å². The number of carboxylic acids is 1. The van der Waals surface area contributed by atoms with Crippen molar-refractivity contribution in [1.82, 2.24) is 29.8 Å². The highest BCUT2D eigenvalue weighted by Crippen LogP contribution is 2.27. The summed E-state index contributed by atoms with van der Waals surface area (Å²) in [5.41, 5.74) is 0.433. The van der Waals surface area contributed by atoms with E-state index < -0.39 is 5.97 Å². The van der Waals surface area contributed by atoms with E-state index in [1.54, 1.807) is 9.36 Å². The van der Waals surface area contributed by atoms with Gasteiger partial charge in [-0.1, -0.05) is 11.3 Å². The zero-order valence-corrected chi connectivity index (χ0v) is 12.0. The van der Waals surface area contributed by atoms with Crippen LogP contribution in [0, 0.1) is 0 Å². The molecule has 3 aromatic heterocycles. The first-order chi connectivity index (χ1) is 10.2. The Balaban J connectivity index is 2.05. The molecule has 9 heteroatoms. The summed E-state index contributed by atoms with van der Waals surface area (Å²) < 4.78 is 3.28. The summed E-state index contributed by atoms with van der Waals surface area (Å²) in [4.78, 5) is 16.3. The van der Waals surface area contributed by atoms with Gasteiger partial charge in [-0.15, -0.1) is 16.4 Å². The minimum atomic E-state index is -1.10. The van der Waals surface area contributed by atoms with Crippen LogP contribution in [0.4, 0.5) is 0 Å². The highest BCUT2D eigenvalue weighted by molar-refractivity contribution is 7.13. The summed E-state index contributed by atoms with van der Waals surface area (Å²) in [6.07, 6.45) is 1.47. The molecule has 0 radical (unpaired) electrons. The van der Waals surface area contributed by atoms with Crippen LogP contribution in [0.1, 0.15) is 23.2 Å². The van der Waals surface area contributed by atoms with Gasteiger partial charge in [0.25, 0.3) is 0 Å². The molecular weight excluding hydrogens is 292 g/mol. The second kappa shape index (κ2) is 5.44. The van der Waals surface area contributed by atoms with Gasteiger partial charge in [-0.3, -0.25) is 0 Å². The Kier molecular flexibility index (Phi) is 3.48. The molecule has 0 amide bonds. The van der Waals surface area contributed by atoms with Crippen LogP contribution in [0.5, 0.6) is 0 Å². The maximum absolute atomic E-state index is 11.3. The van der Waals surface area contributed by atoms with Crippen molar-refractivity contribution in [2.45, 2.75) is 20.0 Å². The number of hydrogen-bond acceptors (Lipinski definition) is 6. The summed E-state index contributed by atoms with van der Waals surface area (Å²) in [5, 5.41) is 23.0. The van der Waals surface area contributed by atoms with Gasteiger partial charge >= 0.3 is 5.97 Å². The van der Waals surface area contributed by atoms with Crippen LogP contribution in [-0.2, 0) is 13.1 Å². The maximum atomic E-state index is 11.3. The molecule has 8 nitrogen and oxygen atoms in total. The zero-order chi connectivity index (χ0) is 14.8. The van der Waals surface area contributed by atoms with E-state index in [1.165, 1.54) is 17.7 Å². The van der Waals surface area contributed by atoms with E-state index in [0.717, 1.165) is 4.88 Å². The van der Waals surface area contributed by atoms with Gasteiger partial charge in [0, 0.05) is 6.54 Å². The van der Waals surface area contributed by atoms with Gasteiger partial charge < -0.3 is 5.11 Å².